The highest BCUT2D eigenvalue weighted by atomic mass is 19.4. The number of aryl methyl sites for hydroxylation is 1. The molecule has 0 aromatic heterocycles. The van der Waals surface area contributed by atoms with Crippen LogP contribution in [0.1, 0.15) is 17.2 Å². The number of alkyl halides is 3. The van der Waals surface area contributed by atoms with Gasteiger partial charge in [0.2, 0.25) is 0 Å². The van der Waals surface area contributed by atoms with E-state index in [2.05, 4.69) is 4.74 Å². The maximum atomic E-state index is 12.6. The average molecular weight is 249 g/mol. The van der Waals surface area contributed by atoms with Crippen LogP contribution in [-0.2, 0) is 4.74 Å². The van der Waals surface area contributed by atoms with Crippen molar-refractivity contribution in [2.45, 2.75) is 19.2 Å². The lowest BCUT2D eigenvalue weighted by molar-refractivity contribution is -0.387. The molecule has 0 spiro atoms. The van der Waals surface area contributed by atoms with E-state index < -0.39 is 28.5 Å². The van der Waals surface area contributed by atoms with E-state index in [4.69, 9.17) is 0 Å². The first-order chi connectivity index (χ1) is 7.77. The number of methoxy groups -OCH3 is 1. The van der Waals surface area contributed by atoms with E-state index in [1.165, 1.54) is 6.07 Å². The summed E-state index contributed by atoms with van der Waals surface area (Å²) in [5.41, 5.74) is -0.567. The summed E-state index contributed by atoms with van der Waals surface area (Å²) in [6.45, 7) is 1.56. The number of hydrogen-bond acceptors (Lipinski definition) is 3. The summed E-state index contributed by atoms with van der Waals surface area (Å²) in [5, 5.41) is 10.7. The van der Waals surface area contributed by atoms with Crippen LogP contribution < -0.4 is 0 Å². The first kappa shape index (κ1) is 13.4. The van der Waals surface area contributed by atoms with Crippen molar-refractivity contribution in [3.05, 3.63) is 39.4 Å². The van der Waals surface area contributed by atoms with E-state index in [1.807, 2.05) is 0 Å². The highest BCUT2D eigenvalue weighted by molar-refractivity contribution is 5.45. The van der Waals surface area contributed by atoms with Crippen molar-refractivity contribution >= 4 is 5.69 Å². The number of nitrogens with zero attached hydrogens (tertiary/aromatic N) is 1. The molecule has 17 heavy (non-hydrogen) atoms. The Hall–Kier alpha value is -1.63. The van der Waals surface area contributed by atoms with Crippen molar-refractivity contribution in [2.75, 3.05) is 7.11 Å². The third-order valence-corrected chi connectivity index (χ3v) is 2.20. The second-order valence-electron chi connectivity index (χ2n) is 3.48. The van der Waals surface area contributed by atoms with E-state index in [9.17, 15) is 23.3 Å². The van der Waals surface area contributed by atoms with Crippen LogP contribution in [0, 0.1) is 17.0 Å². The fourth-order valence-corrected chi connectivity index (χ4v) is 1.47. The molecule has 1 aromatic rings. The van der Waals surface area contributed by atoms with Crippen molar-refractivity contribution in [1.29, 1.82) is 0 Å². The molecular formula is C10H10F3NO3. The van der Waals surface area contributed by atoms with E-state index in [0.29, 0.717) is 5.56 Å². The summed E-state index contributed by atoms with van der Waals surface area (Å²) in [6.07, 6.45) is -6.97. The summed E-state index contributed by atoms with van der Waals surface area (Å²) in [5.74, 6) is 0. The number of benzene rings is 1. The first-order valence-electron chi connectivity index (χ1n) is 4.62. The normalized spacial score (nSPS) is 13.5. The summed E-state index contributed by atoms with van der Waals surface area (Å²) >= 11 is 0. The molecule has 7 heteroatoms. The molecular weight excluding hydrogens is 239 g/mol. The lowest BCUT2D eigenvalue weighted by Gasteiger charge is -2.19. The number of nitro groups is 1. The summed E-state index contributed by atoms with van der Waals surface area (Å²) < 4.78 is 42.1. The van der Waals surface area contributed by atoms with E-state index in [-0.39, 0.29) is 0 Å². The van der Waals surface area contributed by atoms with E-state index in [0.717, 1.165) is 19.2 Å². The predicted octanol–water partition coefficient (Wildman–Crippen LogP) is 3.15. The van der Waals surface area contributed by atoms with Crippen molar-refractivity contribution < 1.29 is 22.8 Å². The van der Waals surface area contributed by atoms with Gasteiger partial charge in [0.1, 0.15) is 0 Å². The predicted molar refractivity (Wildman–Crippen MR) is 53.6 cm³/mol. The zero-order chi connectivity index (χ0) is 13.2. The molecule has 0 fully saturated rings. The fraction of sp³-hybridized carbons (Fsp3) is 0.400. The highest BCUT2D eigenvalue weighted by Crippen LogP contribution is 2.39. The molecule has 0 N–H and O–H groups in total. The van der Waals surface area contributed by atoms with Crippen LogP contribution in [-0.4, -0.2) is 18.2 Å². The second-order valence-corrected chi connectivity index (χ2v) is 3.48. The third-order valence-electron chi connectivity index (χ3n) is 2.20. The Balaban J connectivity index is 3.34. The minimum absolute atomic E-state index is 0.490. The van der Waals surface area contributed by atoms with Crippen molar-refractivity contribution in [2.24, 2.45) is 0 Å². The molecule has 4 nitrogen and oxygen atoms in total. The maximum absolute atomic E-state index is 12.6. The van der Waals surface area contributed by atoms with Gasteiger partial charge >= 0.3 is 6.18 Å². The molecule has 1 aromatic carbocycles. The largest absolute Gasteiger partial charge is 0.419 e. The van der Waals surface area contributed by atoms with E-state index >= 15 is 0 Å². The minimum Gasteiger partial charge on any atom is -0.367 e. The molecule has 0 aliphatic carbocycles. The first-order valence-corrected chi connectivity index (χ1v) is 4.62. The van der Waals surface area contributed by atoms with Crippen molar-refractivity contribution in [1.82, 2.24) is 0 Å². The molecule has 0 heterocycles. The van der Waals surface area contributed by atoms with Gasteiger partial charge in [-0.3, -0.25) is 10.1 Å². The fourth-order valence-electron chi connectivity index (χ4n) is 1.47. The molecule has 0 saturated carbocycles. The average Bonchev–Trinajstić information content (AvgIpc) is 2.18. The van der Waals surface area contributed by atoms with Gasteiger partial charge in [0.25, 0.3) is 5.69 Å². The monoisotopic (exact) mass is 249 g/mol. The highest BCUT2D eigenvalue weighted by Gasteiger charge is 2.44. The standard InChI is InChI=1S/C10H10F3NO3/c1-6-3-4-7(8(5-6)14(15)16)9(17-2)10(11,12)13/h3-5,9H,1-2H3. The Morgan fingerprint density at radius 3 is 2.41 bits per heavy atom. The molecule has 0 radical (unpaired) electrons. The molecule has 0 bridgehead atoms. The molecule has 1 unspecified atom stereocenters. The molecule has 0 aliphatic rings. The van der Waals surface area contributed by atoms with Crippen LogP contribution in [0.5, 0.6) is 0 Å². The van der Waals surface area contributed by atoms with Crippen LogP contribution in [0.3, 0.4) is 0 Å². The molecule has 0 aliphatic heterocycles. The van der Waals surface area contributed by atoms with Crippen LogP contribution in [0.2, 0.25) is 0 Å². The van der Waals surface area contributed by atoms with Crippen LogP contribution in [0.25, 0.3) is 0 Å². The Morgan fingerprint density at radius 1 is 1.41 bits per heavy atom. The third kappa shape index (κ3) is 2.94. The Labute approximate surface area is 95.2 Å². The second kappa shape index (κ2) is 4.70. The van der Waals surface area contributed by atoms with Crippen LogP contribution in [0.4, 0.5) is 18.9 Å². The molecule has 0 saturated heterocycles. The SMILES string of the molecule is COC(c1ccc(C)cc1[N+](=O)[O-])C(F)(F)F. The number of rotatable bonds is 3. The number of nitro benzene ring substituents is 1. The van der Waals surface area contributed by atoms with Gasteiger partial charge in [-0.25, -0.2) is 0 Å². The summed E-state index contributed by atoms with van der Waals surface area (Å²) in [6, 6.07) is 3.53. The zero-order valence-corrected chi connectivity index (χ0v) is 9.12. The minimum atomic E-state index is -4.69. The number of halogens is 3. The van der Waals surface area contributed by atoms with Gasteiger partial charge in [-0.05, 0) is 18.6 Å². The van der Waals surface area contributed by atoms with Crippen molar-refractivity contribution in [3.8, 4) is 0 Å². The van der Waals surface area contributed by atoms with Crippen LogP contribution >= 0.6 is 0 Å². The summed E-state index contributed by atoms with van der Waals surface area (Å²) in [4.78, 5) is 9.86. The Kier molecular flexibility index (Phi) is 3.72. The molecule has 94 valence electrons. The van der Waals surface area contributed by atoms with Gasteiger partial charge in [0, 0.05) is 13.2 Å². The molecule has 1 rings (SSSR count). The Morgan fingerprint density at radius 2 is 2.00 bits per heavy atom. The quantitative estimate of drug-likeness (QED) is 0.610. The van der Waals surface area contributed by atoms with Crippen molar-refractivity contribution in [3.63, 3.8) is 0 Å². The van der Waals surface area contributed by atoms with Gasteiger partial charge in [-0.15, -0.1) is 0 Å². The van der Waals surface area contributed by atoms with Gasteiger partial charge in [0.05, 0.1) is 10.5 Å². The van der Waals surface area contributed by atoms with Gasteiger partial charge in [-0.2, -0.15) is 13.2 Å². The number of hydrogen-bond donors (Lipinski definition) is 0. The summed E-state index contributed by atoms with van der Waals surface area (Å²) in [7, 11) is 0.863. The van der Waals surface area contributed by atoms with E-state index in [1.54, 1.807) is 6.92 Å². The molecule has 0 amide bonds. The van der Waals surface area contributed by atoms with Gasteiger partial charge in [-0.1, -0.05) is 6.07 Å². The smallest absolute Gasteiger partial charge is 0.367 e. The lowest BCUT2D eigenvalue weighted by atomic mass is 10.0. The topological polar surface area (TPSA) is 52.4 Å². The van der Waals surface area contributed by atoms with Crippen LogP contribution in [0.15, 0.2) is 18.2 Å². The Bertz CT molecular complexity index is 431. The lowest BCUT2D eigenvalue weighted by Crippen LogP contribution is -2.23. The molecule has 1 atom stereocenters. The maximum Gasteiger partial charge on any atom is 0.419 e. The number of ether oxygens (including phenoxy) is 1. The zero-order valence-electron chi connectivity index (χ0n) is 9.12. The van der Waals surface area contributed by atoms with Gasteiger partial charge < -0.3 is 4.74 Å². The van der Waals surface area contributed by atoms with Gasteiger partial charge in [0.15, 0.2) is 6.10 Å².